The fourth-order valence-electron chi connectivity index (χ4n) is 1.51. The Bertz CT molecular complexity index is 361. The quantitative estimate of drug-likeness (QED) is 0.731. The first-order valence-corrected chi connectivity index (χ1v) is 5.64. The van der Waals surface area contributed by atoms with E-state index < -0.39 is 0 Å². The van der Waals surface area contributed by atoms with Gasteiger partial charge in [0.25, 0.3) is 0 Å². The van der Waals surface area contributed by atoms with E-state index in [0.717, 1.165) is 6.42 Å². The number of hydrogen-bond acceptors (Lipinski definition) is 2. The minimum atomic E-state index is -0.385. The van der Waals surface area contributed by atoms with Crippen LogP contribution in [0.4, 0.5) is 0 Å². The van der Waals surface area contributed by atoms with E-state index in [2.05, 4.69) is 19.1 Å². The van der Waals surface area contributed by atoms with Crippen molar-refractivity contribution in [3.63, 3.8) is 0 Å². The largest absolute Gasteiger partial charge is 0.460 e. The maximum absolute atomic E-state index is 11.5. The first-order chi connectivity index (χ1) is 7.37. The van der Waals surface area contributed by atoms with Crippen molar-refractivity contribution < 1.29 is 9.53 Å². The van der Waals surface area contributed by atoms with Gasteiger partial charge in [0.05, 0.1) is 0 Å². The van der Waals surface area contributed by atoms with E-state index in [1.54, 1.807) is 0 Å². The number of ether oxygens (including phenoxy) is 1. The number of benzene rings is 1. The summed E-state index contributed by atoms with van der Waals surface area (Å²) in [7, 11) is 0. The number of carbonyl (C=O) groups is 1. The first-order valence-electron chi connectivity index (χ1n) is 5.64. The molecule has 0 saturated heterocycles. The van der Waals surface area contributed by atoms with E-state index in [-0.39, 0.29) is 11.6 Å². The Balaban J connectivity index is 2.43. The van der Waals surface area contributed by atoms with Gasteiger partial charge in [-0.15, -0.1) is 0 Å². The predicted molar refractivity (Wildman–Crippen MR) is 65.3 cm³/mol. The van der Waals surface area contributed by atoms with E-state index in [1.165, 1.54) is 11.1 Å². The molecular weight excluding hydrogens is 200 g/mol. The molecule has 0 atom stereocenters. The van der Waals surface area contributed by atoms with Gasteiger partial charge in [-0.3, -0.25) is 4.79 Å². The highest BCUT2D eigenvalue weighted by molar-refractivity contribution is 5.70. The third kappa shape index (κ3) is 4.96. The molecule has 0 N–H and O–H groups in total. The van der Waals surface area contributed by atoms with Crippen LogP contribution in [0.3, 0.4) is 0 Å². The SMILES string of the molecule is Cc1cccc(CCC(=O)OC(C)(C)C)c1. The van der Waals surface area contributed by atoms with E-state index in [9.17, 15) is 4.79 Å². The third-order valence-electron chi connectivity index (χ3n) is 2.12. The van der Waals surface area contributed by atoms with Crippen molar-refractivity contribution in [3.8, 4) is 0 Å². The van der Waals surface area contributed by atoms with E-state index in [1.807, 2.05) is 32.9 Å². The predicted octanol–water partition coefficient (Wildman–Crippen LogP) is 3.27. The summed E-state index contributed by atoms with van der Waals surface area (Å²) in [5, 5.41) is 0. The lowest BCUT2D eigenvalue weighted by Gasteiger charge is -2.19. The van der Waals surface area contributed by atoms with Crippen molar-refractivity contribution in [2.45, 2.75) is 46.1 Å². The Kier molecular flexibility index (Phi) is 4.11. The van der Waals surface area contributed by atoms with E-state index >= 15 is 0 Å². The highest BCUT2D eigenvalue weighted by Crippen LogP contribution is 2.11. The molecule has 0 bridgehead atoms. The van der Waals surface area contributed by atoms with Crippen LogP contribution in [0.5, 0.6) is 0 Å². The summed E-state index contributed by atoms with van der Waals surface area (Å²) in [5.74, 6) is -0.131. The van der Waals surface area contributed by atoms with Crippen molar-refractivity contribution in [3.05, 3.63) is 35.4 Å². The summed E-state index contributed by atoms with van der Waals surface area (Å²) in [6.45, 7) is 7.71. The molecule has 0 radical (unpaired) electrons. The Hall–Kier alpha value is -1.31. The smallest absolute Gasteiger partial charge is 0.306 e. The van der Waals surface area contributed by atoms with Crippen LogP contribution >= 0.6 is 0 Å². The minimum Gasteiger partial charge on any atom is -0.460 e. The molecule has 2 nitrogen and oxygen atoms in total. The van der Waals surface area contributed by atoms with Gasteiger partial charge in [0.2, 0.25) is 0 Å². The number of esters is 1. The van der Waals surface area contributed by atoms with E-state index in [0.29, 0.717) is 6.42 Å². The summed E-state index contributed by atoms with van der Waals surface area (Å²) >= 11 is 0. The highest BCUT2D eigenvalue weighted by atomic mass is 16.6. The number of rotatable bonds is 3. The molecule has 0 aliphatic carbocycles. The third-order valence-corrected chi connectivity index (χ3v) is 2.12. The molecule has 0 saturated carbocycles. The summed E-state index contributed by atoms with van der Waals surface area (Å²) in [6, 6.07) is 8.21. The minimum absolute atomic E-state index is 0.131. The van der Waals surface area contributed by atoms with E-state index in [4.69, 9.17) is 4.74 Å². The second-order valence-corrected chi connectivity index (χ2v) is 5.08. The van der Waals surface area contributed by atoms with Crippen molar-refractivity contribution in [1.29, 1.82) is 0 Å². The monoisotopic (exact) mass is 220 g/mol. The van der Waals surface area contributed by atoms with Crippen molar-refractivity contribution in [2.24, 2.45) is 0 Å². The van der Waals surface area contributed by atoms with Crippen molar-refractivity contribution >= 4 is 5.97 Å². The molecule has 0 fully saturated rings. The van der Waals surface area contributed by atoms with Crippen LogP contribution in [0.25, 0.3) is 0 Å². The number of carbonyl (C=O) groups excluding carboxylic acids is 1. The van der Waals surface area contributed by atoms with Crippen LogP contribution in [-0.2, 0) is 16.0 Å². The topological polar surface area (TPSA) is 26.3 Å². The van der Waals surface area contributed by atoms with Crippen LogP contribution in [0.1, 0.15) is 38.3 Å². The van der Waals surface area contributed by atoms with Crippen molar-refractivity contribution in [1.82, 2.24) is 0 Å². The maximum Gasteiger partial charge on any atom is 0.306 e. The van der Waals surface area contributed by atoms with Crippen molar-refractivity contribution in [2.75, 3.05) is 0 Å². The Morgan fingerprint density at radius 1 is 1.31 bits per heavy atom. The highest BCUT2D eigenvalue weighted by Gasteiger charge is 2.15. The molecule has 1 rings (SSSR count). The lowest BCUT2D eigenvalue weighted by atomic mass is 10.1. The average Bonchev–Trinajstić information content (AvgIpc) is 2.12. The standard InChI is InChI=1S/C14H20O2/c1-11-6-5-7-12(10-11)8-9-13(15)16-14(2,3)4/h5-7,10H,8-9H2,1-4H3. The summed E-state index contributed by atoms with van der Waals surface area (Å²) in [5.41, 5.74) is 2.02. The van der Waals surface area contributed by atoms with Crippen LogP contribution in [0.15, 0.2) is 24.3 Å². The van der Waals surface area contributed by atoms with Crippen LogP contribution < -0.4 is 0 Å². The van der Waals surface area contributed by atoms with Crippen LogP contribution in [-0.4, -0.2) is 11.6 Å². The molecule has 88 valence electrons. The molecule has 0 unspecified atom stereocenters. The number of hydrogen-bond donors (Lipinski definition) is 0. The Labute approximate surface area is 97.6 Å². The summed E-state index contributed by atoms with van der Waals surface area (Å²) in [4.78, 5) is 11.5. The molecule has 1 aromatic carbocycles. The molecule has 0 aromatic heterocycles. The van der Waals surface area contributed by atoms with Crippen LogP contribution in [0, 0.1) is 6.92 Å². The van der Waals surface area contributed by atoms with Gasteiger partial charge < -0.3 is 4.74 Å². The van der Waals surface area contributed by atoms with Gasteiger partial charge in [0.15, 0.2) is 0 Å². The van der Waals surface area contributed by atoms with Gasteiger partial charge in [0.1, 0.15) is 5.60 Å². The van der Waals surface area contributed by atoms with Gasteiger partial charge in [-0.2, -0.15) is 0 Å². The van der Waals surface area contributed by atoms with Gasteiger partial charge >= 0.3 is 5.97 Å². The molecule has 0 aliphatic heterocycles. The summed E-state index contributed by atoms with van der Waals surface area (Å²) in [6.07, 6.45) is 1.19. The number of aryl methyl sites for hydroxylation is 2. The van der Waals surface area contributed by atoms with Gasteiger partial charge in [-0.25, -0.2) is 0 Å². The summed E-state index contributed by atoms with van der Waals surface area (Å²) < 4.78 is 5.25. The second kappa shape index (κ2) is 5.15. The fraction of sp³-hybridized carbons (Fsp3) is 0.500. The molecule has 16 heavy (non-hydrogen) atoms. The lowest BCUT2D eigenvalue weighted by Crippen LogP contribution is -2.24. The first kappa shape index (κ1) is 12.8. The molecule has 0 aliphatic rings. The van der Waals surface area contributed by atoms with Gasteiger partial charge in [-0.05, 0) is 39.7 Å². The van der Waals surface area contributed by atoms with Gasteiger partial charge in [0, 0.05) is 6.42 Å². The molecule has 1 aromatic rings. The molecule has 0 spiro atoms. The molecular formula is C14H20O2. The van der Waals surface area contributed by atoms with Crippen LogP contribution in [0.2, 0.25) is 0 Å². The second-order valence-electron chi connectivity index (χ2n) is 5.08. The normalized spacial score (nSPS) is 11.2. The average molecular weight is 220 g/mol. The Morgan fingerprint density at radius 2 is 2.00 bits per heavy atom. The molecule has 0 amide bonds. The zero-order valence-electron chi connectivity index (χ0n) is 10.5. The van der Waals surface area contributed by atoms with Gasteiger partial charge in [-0.1, -0.05) is 29.8 Å². The molecule has 0 heterocycles. The maximum atomic E-state index is 11.5. The molecule has 2 heteroatoms. The Morgan fingerprint density at radius 3 is 2.56 bits per heavy atom. The zero-order valence-corrected chi connectivity index (χ0v) is 10.5. The lowest BCUT2D eigenvalue weighted by molar-refractivity contribution is -0.154. The fourth-order valence-corrected chi connectivity index (χ4v) is 1.51. The zero-order chi connectivity index (χ0) is 12.2.